The maximum absolute atomic E-state index is 9.21. The molecule has 2 rings (SSSR count). The molecule has 2 unspecified atom stereocenters. The van der Waals surface area contributed by atoms with E-state index in [9.17, 15) is 5.26 Å². The fourth-order valence-corrected chi connectivity index (χ4v) is 3.00. The molecule has 0 amide bonds. The Balaban J connectivity index is 2.11. The quantitative estimate of drug-likeness (QED) is 0.797. The lowest BCUT2D eigenvalue weighted by Crippen LogP contribution is -2.41. The minimum absolute atomic E-state index is 0.147. The van der Waals surface area contributed by atoms with E-state index in [1.807, 2.05) is 18.2 Å². The summed E-state index contributed by atoms with van der Waals surface area (Å²) in [5.74, 6) is 0. The third-order valence-electron chi connectivity index (χ3n) is 4.11. The summed E-state index contributed by atoms with van der Waals surface area (Å²) in [6.07, 6.45) is 2.98. The number of hydrogen-bond donors (Lipinski definition) is 1. The second-order valence-electron chi connectivity index (χ2n) is 5.57. The molecule has 1 N–H and O–H groups in total. The number of benzene rings is 1. The SMILES string of the molecule is COCCN(CC1CCCN1)C(CC#N)c1ccccc1. The van der Waals surface area contributed by atoms with Crippen LogP contribution in [0, 0.1) is 11.3 Å². The topological polar surface area (TPSA) is 48.3 Å². The van der Waals surface area contributed by atoms with Crippen LogP contribution in [0.4, 0.5) is 0 Å². The molecule has 0 radical (unpaired) electrons. The lowest BCUT2D eigenvalue weighted by Gasteiger charge is -2.32. The van der Waals surface area contributed by atoms with Gasteiger partial charge in [-0.25, -0.2) is 0 Å². The van der Waals surface area contributed by atoms with Crippen molar-refractivity contribution in [3.63, 3.8) is 0 Å². The van der Waals surface area contributed by atoms with E-state index in [0.717, 1.165) is 19.6 Å². The van der Waals surface area contributed by atoms with Gasteiger partial charge in [-0.05, 0) is 24.9 Å². The molecule has 1 heterocycles. The first-order valence-electron chi connectivity index (χ1n) is 7.73. The van der Waals surface area contributed by atoms with Crippen molar-refractivity contribution in [3.8, 4) is 6.07 Å². The van der Waals surface area contributed by atoms with Crippen molar-refractivity contribution in [2.75, 3.05) is 33.4 Å². The molecule has 0 aliphatic carbocycles. The fraction of sp³-hybridized carbons (Fsp3) is 0.588. The largest absolute Gasteiger partial charge is 0.383 e. The maximum atomic E-state index is 9.21. The molecule has 0 aromatic heterocycles. The number of rotatable bonds is 8. The number of nitriles is 1. The Morgan fingerprint density at radius 2 is 2.24 bits per heavy atom. The first-order valence-corrected chi connectivity index (χ1v) is 7.73. The minimum atomic E-state index is 0.147. The van der Waals surface area contributed by atoms with Crippen molar-refractivity contribution in [2.45, 2.75) is 31.3 Å². The van der Waals surface area contributed by atoms with E-state index in [1.165, 1.54) is 18.4 Å². The zero-order chi connectivity index (χ0) is 14.9. The molecule has 4 heteroatoms. The van der Waals surface area contributed by atoms with E-state index in [-0.39, 0.29) is 6.04 Å². The van der Waals surface area contributed by atoms with Crippen LogP contribution in [-0.4, -0.2) is 44.3 Å². The van der Waals surface area contributed by atoms with E-state index >= 15 is 0 Å². The smallest absolute Gasteiger partial charge is 0.0641 e. The second kappa shape index (κ2) is 8.78. The van der Waals surface area contributed by atoms with Gasteiger partial charge in [0.2, 0.25) is 0 Å². The molecular weight excluding hydrogens is 262 g/mol. The summed E-state index contributed by atoms with van der Waals surface area (Å²) in [5.41, 5.74) is 1.22. The minimum Gasteiger partial charge on any atom is -0.383 e. The maximum Gasteiger partial charge on any atom is 0.0641 e. The van der Waals surface area contributed by atoms with Crippen molar-refractivity contribution in [2.24, 2.45) is 0 Å². The van der Waals surface area contributed by atoms with Gasteiger partial charge in [0.1, 0.15) is 0 Å². The van der Waals surface area contributed by atoms with Crippen molar-refractivity contribution >= 4 is 0 Å². The Hall–Kier alpha value is -1.41. The van der Waals surface area contributed by atoms with Gasteiger partial charge in [-0.2, -0.15) is 5.26 Å². The molecule has 1 aliphatic rings. The molecule has 0 saturated carbocycles. The normalized spacial score (nSPS) is 19.6. The van der Waals surface area contributed by atoms with Gasteiger partial charge in [0, 0.05) is 32.3 Å². The molecular formula is C17H25N3O. The Bertz CT molecular complexity index is 437. The summed E-state index contributed by atoms with van der Waals surface area (Å²) in [5, 5.41) is 12.8. The van der Waals surface area contributed by atoms with E-state index in [0.29, 0.717) is 19.1 Å². The van der Waals surface area contributed by atoms with Crippen LogP contribution in [0.25, 0.3) is 0 Å². The standard InChI is InChI=1S/C17H25N3O/c1-21-13-12-20(14-16-8-5-11-19-16)17(9-10-18)15-6-3-2-4-7-15/h2-4,6-7,16-17,19H,5,8-9,11-14H2,1H3. The Labute approximate surface area is 127 Å². The molecule has 1 aromatic rings. The van der Waals surface area contributed by atoms with Gasteiger partial charge < -0.3 is 10.1 Å². The molecule has 1 fully saturated rings. The molecule has 0 spiro atoms. The molecule has 1 saturated heterocycles. The van der Waals surface area contributed by atoms with Gasteiger partial charge in [-0.1, -0.05) is 30.3 Å². The molecule has 0 bridgehead atoms. The number of nitrogens with zero attached hydrogens (tertiary/aromatic N) is 2. The van der Waals surface area contributed by atoms with Crippen LogP contribution in [0.15, 0.2) is 30.3 Å². The van der Waals surface area contributed by atoms with Gasteiger partial charge in [0.25, 0.3) is 0 Å². The summed E-state index contributed by atoms with van der Waals surface area (Å²) >= 11 is 0. The van der Waals surface area contributed by atoms with Gasteiger partial charge in [-0.15, -0.1) is 0 Å². The van der Waals surface area contributed by atoms with Gasteiger partial charge in [-0.3, -0.25) is 4.90 Å². The van der Waals surface area contributed by atoms with Gasteiger partial charge in [0.05, 0.1) is 19.1 Å². The third-order valence-corrected chi connectivity index (χ3v) is 4.11. The summed E-state index contributed by atoms with van der Waals surface area (Å²) < 4.78 is 5.26. The summed E-state index contributed by atoms with van der Waals surface area (Å²) in [4.78, 5) is 2.39. The Morgan fingerprint density at radius 1 is 1.43 bits per heavy atom. The van der Waals surface area contributed by atoms with Crippen LogP contribution >= 0.6 is 0 Å². The van der Waals surface area contributed by atoms with Crippen LogP contribution in [0.3, 0.4) is 0 Å². The highest BCUT2D eigenvalue weighted by Crippen LogP contribution is 2.25. The lowest BCUT2D eigenvalue weighted by atomic mass is 10.0. The van der Waals surface area contributed by atoms with Crippen molar-refractivity contribution < 1.29 is 4.74 Å². The van der Waals surface area contributed by atoms with Crippen LogP contribution in [0.2, 0.25) is 0 Å². The predicted molar refractivity (Wildman–Crippen MR) is 83.9 cm³/mol. The summed E-state index contributed by atoms with van der Waals surface area (Å²) in [6, 6.07) is 13.4. The van der Waals surface area contributed by atoms with E-state index < -0.39 is 0 Å². The first kappa shape index (κ1) is 16.0. The monoisotopic (exact) mass is 287 g/mol. The highest BCUT2D eigenvalue weighted by atomic mass is 16.5. The average Bonchev–Trinajstić information content (AvgIpc) is 3.03. The average molecular weight is 287 g/mol. The predicted octanol–water partition coefficient (Wildman–Crippen LogP) is 2.34. The lowest BCUT2D eigenvalue weighted by molar-refractivity contribution is 0.113. The van der Waals surface area contributed by atoms with Crippen molar-refractivity contribution in [3.05, 3.63) is 35.9 Å². The first-order chi connectivity index (χ1) is 10.3. The van der Waals surface area contributed by atoms with E-state index in [4.69, 9.17) is 4.74 Å². The number of nitrogens with one attached hydrogen (secondary N) is 1. The third kappa shape index (κ3) is 4.82. The molecule has 21 heavy (non-hydrogen) atoms. The fourth-order valence-electron chi connectivity index (χ4n) is 3.00. The molecule has 1 aromatic carbocycles. The van der Waals surface area contributed by atoms with Gasteiger partial charge >= 0.3 is 0 Å². The van der Waals surface area contributed by atoms with Crippen LogP contribution in [0.1, 0.15) is 30.9 Å². The number of methoxy groups -OCH3 is 1. The Kier molecular flexibility index (Phi) is 6.68. The molecule has 114 valence electrons. The van der Waals surface area contributed by atoms with Crippen molar-refractivity contribution in [1.82, 2.24) is 10.2 Å². The Morgan fingerprint density at radius 3 is 2.86 bits per heavy atom. The summed E-state index contributed by atoms with van der Waals surface area (Å²) in [6.45, 7) is 3.64. The second-order valence-corrected chi connectivity index (χ2v) is 5.57. The van der Waals surface area contributed by atoms with Crippen LogP contribution in [-0.2, 0) is 4.74 Å². The molecule has 2 atom stereocenters. The van der Waals surface area contributed by atoms with Crippen LogP contribution < -0.4 is 5.32 Å². The zero-order valence-electron chi connectivity index (χ0n) is 12.8. The highest BCUT2D eigenvalue weighted by Gasteiger charge is 2.24. The number of hydrogen-bond acceptors (Lipinski definition) is 4. The van der Waals surface area contributed by atoms with Crippen molar-refractivity contribution in [1.29, 1.82) is 5.26 Å². The molecule has 1 aliphatic heterocycles. The van der Waals surface area contributed by atoms with E-state index in [1.54, 1.807) is 7.11 Å². The zero-order valence-corrected chi connectivity index (χ0v) is 12.8. The van der Waals surface area contributed by atoms with Crippen LogP contribution in [0.5, 0.6) is 0 Å². The number of ether oxygens (including phenoxy) is 1. The summed E-state index contributed by atoms with van der Waals surface area (Å²) in [7, 11) is 1.73. The highest BCUT2D eigenvalue weighted by molar-refractivity contribution is 5.20. The van der Waals surface area contributed by atoms with E-state index in [2.05, 4.69) is 28.4 Å². The van der Waals surface area contributed by atoms with Gasteiger partial charge in [0.15, 0.2) is 0 Å². The molecule has 4 nitrogen and oxygen atoms in total.